The van der Waals surface area contributed by atoms with Crippen LogP contribution in [-0.4, -0.2) is 16.1 Å². The molecule has 0 bridgehead atoms. The molecule has 5 heteroatoms. The van der Waals surface area contributed by atoms with E-state index in [1.807, 2.05) is 54.6 Å². The Morgan fingerprint density at radius 3 is 2.58 bits per heavy atom. The van der Waals surface area contributed by atoms with Crippen LogP contribution >= 0.6 is 0 Å². The first-order valence-corrected chi connectivity index (χ1v) is 8.20. The third-order valence-electron chi connectivity index (χ3n) is 4.06. The Balaban J connectivity index is 1.63. The molecule has 0 aliphatic carbocycles. The van der Waals surface area contributed by atoms with Gasteiger partial charge in [-0.15, -0.1) is 0 Å². The van der Waals surface area contributed by atoms with Crippen molar-refractivity contribution < 1.29 is 9.53 Å². The molecule has 4 rings (SSSR count). The summed E-state index contributed by atoms with van der Waals surface area (Å²) in [5, 5.41) is 2.84. The molecule has 1 aromatic heterocycles. The van der Waals surface area contributed by atoms with Crippen LogP contribution in [0.4, 0.5) is 4.79 Å². The lowest BCUT2D eigenvalue weighted by atomic mass is 9.98. The van der Waals surface area contributed by atoms with Crippen LogP contribution in [0.1, 0.15) is 34.5 Å². The van der Waals surface area contributed by atoms with Gasteiger partial charge in [-0.25, -0.2) is 4.79 Å². The Morgan fingerprint density at radius 2 is 1.77 bits per heavy atom. The van der Waals surface area contributed by atoms with Gasteiger partial charge in [-0.05, 0) is 29.8 Å². The summed E-state index contributed by atoms with van der Waals surface area (Å²) in [5.41, 5.74) is 3.33. The number of carbonyl (C=O) groups is 1. The van der Waals surface area contributed by atoms with Gasteiger partial charge in [0.1, 0.15) is 11.7 Å². The Morgan fingerprint density at radius 1 is 0.962 bits per heavy atom. The largest absolute Gasteiger partial charge is 0.437 e. The van der Waals surface area contributed by atoms with E-state index >= 15 is 0 Å². The number of nitrogens with zero attached hydrogens (tertiary/aromatic N) is 2. The molecule has 3 aromatic rings. The van der Waals surface area contributed by atoms with Crippen LogP contribution in [0.3, 0.4) is 0 Å². The summed E-state index contributed by atoms with van der Waals surface area (Å²) in [7, 11) is 0. The first-order chi connectivity index (χ1) is 12.8. The molecule has 1 aliphatic rings. The Kier molecular flexibility index (Phi) is 4.31. The predicted molar refractivity (Wildman–Crippen MR) is 96.0 cm³/mol. The van der Waals surface area contributed by atoms with E-state index in [4.69, 9.17) is 4.74 Å². The van der Waals surface area contributed by atoms with Gasteiger partial charge in [0.15, 0.2) is 6.10 Å². The van der Waals surface area contributed by atoms with Gasteiger partial charge >= 0.3 is 6.09 Å². The minimum absolute atomic E-state index is 0.335. The molecular formula is C21H15N3O2. The van der Waals surface area contributed by atoms with E-state index in [1.54, 1.807) is 18.6 Å². The van der Waals surface area contributed by atoms with Crippen LogP contribution in [0.2, 0.25) is 0 Å². The normalized spacial score (nSPS) is 18.4. The van der Waals surface area contributed by atoms with Crippen molar-refractivity contribution in [1.82, 2.24) is 15.3 Å². The quantitative estimate of drug-likeness (QED) is 0.726. The van der Waals surface area contributed by atoms with E-state index in [2.05, 4.69) is 27.1 Å². The topological polar surface area (TPSA) is 64.1 Å². The van der Waals surface area contributed by atoms with Crippen LogP contribution in [0.15, 0.2) is 73.2 Å². The molecule has 0 spiro atoms. The smallest absolute Gasteiger partial charge is 0.408 e. The maximum absolute atomic E-state index is 11.8. The van der Waals surface area contributed by atoms with Gasteiger partial charge in [0, 0.05) is 23.5 Å². The van der Waals surface area contributed by atoms with Gasteiger partial charge in [0.05, 0.1) is 6.20 Å². The first-order valence-electron chi connectivity index (χ1n) is 8.20. The average Bonchev–Trinajstić information content (AvgIpc) is 3.10. The number of cyclic esters (lactones) is 1. The summed E-state index contributed by atoms with van der Waals surface area (Å²) in [4.78, 5) is 20.1. The van der Waals surface area contributed by atoms with Gasteiger partial charge in [0.2, 0.25) is 0 Å². The third-order valence-corrected chi connectivity index (χ3v) is 4.06. The summed E-state index contributed by atoms with van der Waals surface area (Å²) in [5.74, 6) is 6.30. The highest BCUT2D eigenvalue weighted by Gasteiger charge is 2.37. The van der Waals surface area contributed by atoms with E-state index in [0.29, 0.717) is 5.69 Å². The SMILES string of the molecule is O=C1N[C@@H](c2cccc(C#Cc3ccccc3)c2)[C@H](c2cnccn2)O1. The van der Waals surface area contributed by atoms with Crippen LogP contribution < -0.4 is 5.32 Å². The Hall–Kier alpha value is -3.65. The van der Waals surface area contributed by atoms with Crippen LogP contribution in [0.5, 0.6) is 0 Å². The number of carbonyl (C=O) groups excluding carboxylic acids is 1. The molecule has 1 fully saturated rings. The van der Waals surface area contributed by atoms with Crippen molar-refractivity contribution in [1.29, 1.82) is 0 Å². The molecule has 26 heavy (non-hydrogen) atoms. The second-order valence-corrected chi connectivity index (χ2v) is 5.82. The number of aromatic nitrogens is 2. The molecule has 2 atom stereocenters. The summed E-state index contributed by atoms with van der Waals surface area (Å²) in [6.07, 6.45) is 3.79. The second kappa shape index (κ2) is 7.08. The predicted octanol–water partition coefficient (Wildman–Crippen LogP) is 3.40. The first kappa shape index (κ1) is 15.9. The van der Waals surface area contributed by atoms with Gasteiger partial charge in [-0.1, -0.05) is 42.2 Å². The van der Waals surface area contributed by atoms with Crippen molar-refractivity contribution in [3.05, 3.63) is 95.6 Å². The zero-order valence-electron chi connectivity index (χ0n) is 13.8. The Bertz CT molecular complexity index is 978. The molecule has 0 saturated carbocycles. The summed E-state index contributed by atoms with van der Waals surface area (Å²) >= 11 is 0. The van der Waals surface area contributed by atoms with Gasteiger partial charge in [-0.2, -0.15) is 0 Å². The monoisotopic (exact) mass is 341 g/mol. The number of nitrogens with one attached hydrogen (secondary N) is 1. The van der Waals surface area contributed by atoms with Crippen molar-refractivity contribution >= 4 is 6.09 Å². The van der Waals surface area contributed by atoms with E-state index in [9.17, 15) is 4.79 Å². The van der Waals surface area contributed by atoms with E-state index in [0.717, 1.165) is 16.7 Å². The molecule has 1 amide bonds. The minimum Gasteiger partial charge on any atom is -0.437 e. The molecule has 1 N–H and O–H groups in total. The molecule has 2 heterocycles. The zero-order valence-corrected chi connectivity index (χ0v) is 13.8. The number of hydrogen-bond donors (Lipinski definition) is 1. The van der Waals surface area contributed by atoms with Crippen molar-refractivity contribution in [2.75, 3.05) is 0 Å². The summed E-state index contributed by atoms with van der Waals surface area (Å²) < 4.78 is 5.39. The molecular weight excluding hydrogens is 326 g/mol. The van der Waals surface area contributed by atoms with Gasteiger partial charge < -0.3 is 10.1 Å². The van der Waals surface area contributed by atoms with Crippen LogP contribution in [-0.2, 0) is 4.74 Å². The lowest BCUT2D eigenvalue weighted by Gasteiger charge is -2.16. The fourth-order valence-corrected chi connectivity index (χ4v) is 2.84. The number of rotatable bonds is 2. The fourth-order valence-electron chi connectivity index (χ4n) is 2.84. The van der Waals surface area contributed by atoms with E-state index in [1.165, 1.54) is 0 Å². The van der Waals surface area contributed by atoms with Crippen molar-refractivity contribution in [2.24, 2.45) is 0 Å². The molecule has 0 unspecified atom stereocenters. The van der Waals surface area contributed by atoms with Crippen LogP contribution in [0.25, 0.3) is 0 Å². The molecule has 1 saturated heterocycles. The summed E-state index contributed by atoms with van der Waals surface area (Å²) in [6, 6.07) is 17.2. The van der Waals surface area contributed by atoms with Crippen molar-refractivity contribution in [3.63, 3.8) is 0 Å². The third kappa shape index (κ3) is 3.40. The fraction of sp³-hybridized carbons (Fsp3) is 0.0952. The summed E-state index contributed by atoms with van der Waals surface area (Å²) in [6.45, 7) is 0. The Labute approximate surface area is 151 Å². The molecule has 126 valence electrons. The average molecular weight is 341 g/mol. The number of ether oxygens (including phenoxy) is 1. The van der Waals surface area contributed by atoms with E-state index < -0.39 is 12.2 Å². The number of amides is 1. The highest BCUT2D eigenvalue weighted by atomic mass is 16.6. The number of benzene rings is 2. The maximum Gasteiger partial charge on any atom is 0.408 e. The minimum atomic E-state index is -0.520. The lowest BCUT2D eigenvalue weighted by Crippen LogP contribution is -2.20. The molecule has 2 aromatic carbocycles. The zero-order chi connectivity index (χ0) is 17.8. The van der Waals surface area contributed by atoms with Gasteiger partial charge in [0.25, 0.3) is 0 Å². The highest BCUT2D eigenvalue weighted by Crippen LogP contribution is 2.35. The highest BCUT2D eigenvalue weighted by molar-refractivity contribution is 5.71. The van der Waals surface area contributed by atoms with Crippen LogP contribution in [0, 0.1) is 11.8 Å². The van der Waals surface area contributed by atoms with Gasteiger partial charge in [-0.3, -0.25) is 9.97 Å². The standard InChI is InChI=1S/C21H15N3O2/c25-21-24-19(20(26-21)18-14-22-11-12-23-18)17-8-4-7-16(13-17)10-9-15-5-2-1-3-6-15/h1-8,11-14,19-20H,(H,24,25)/t19-,20-/m0/s1. The second-order valence-electron chi connectivity index (χ2n) is 5.82. The maximum atomic E-state index is 11.8. The molecule has 0 radical (unpaired) electrons. The van der Waals surface area contributed by atoms with E-state index in [-0.39, 0.29) is 6.04 Å². The lowest BCUT2D eigenvalue weighted by molar-refractivity contribution is 0.129. The van der Waals surface area contributed by atoms with Crippen molar-refractivity contribution in [2.45, 2.75) is 12.1 Å². The number of alkyl carbamates (subject to hydrolysis) is 1. The van der Waals surface area contributed by atoms with Crippen molar-refractivity contribution in [3.8, 4) is 11.8 Å². The number of hydrogen-bond acceptors (Lipinski definition) is 4. The molecule has 1 aliphatic heterocycles. The molecule has 5 nitrogen and oxygen atoms in total.